The molecular formula is C14H15F3N2O2. The van der Waals surface area contributed by atoms with Crippen molar-refractivity contribution in [2.45, 2.75) is 20.1 Å². The average Bonchev–Trinajstić information content (AvgIpc) is 2.78. The van der Waals surface area contributed by atoms with Gasteiger partial charge in [0.25, 0.3) is 0 Å². The molecule has 0 radical (unpaired) electrons. The predicted molar refractivity (Wildman–Crippen MR) is 73.0 cm³/mol. The summed E-state index contributed by atoms with van der Waals surface area (Å²) in [5, 5.41) is 0. The van der Waals surface area contributed by atoms with Gasteiger partial charge in [-0.3, -0.25) is 0 Å². The molecule has 2 N–H and O–H groups in total. The van der Waals surface area contributed by atoms with Gasteiger partial charge in [-0.2, -0.15) is 8.78 Å². The maximum absolute atomic E-state index is 13.5. The summed E-state index contributed by atoms with van der Waals surface area (Å²) in [7, 11) is 1.71. The maximum atomic E-state index is 13.5. The number of furan rings is 1. The highest BCUT2D eigenvalue weighted by Crippen LogP contribution is 2.32. The van der Waals surface area contributed by atoms with Gasteiger partial charge in [-0.25, -0.2) is 4.39 Å². The van der Waals surface area contributed by atoms with Gasteiger partial charge in [0, 0.05) is 31.3 Å². The molecule has 0 amide bonds. The van der Waals surface area contributed by atoms with Crippen molar-refractivity contribution in [2.75, 3.05) is 17.7 Å². The number of benzene rings is 1. The fraction of sp³-hybridized carbons (Fsp3) is 0.286. The second kappa shape index (κ2) is 5.99. The number of nitrogens with two attached hydrogens (primary N) is 1. The molecule has 0 saturated heterocycles. The Labute approximate surface area is 119 Å². The smallest absolute Gasteiger partial charge is 0.387 e. The van der Waals surface area contributed by atoms with Crippen molar-refractivity contribution in [3.8, 4) is 5.75 Å². The topological polar surface area (TPSA) is 51.6 Å². The standard InChI is InChI=1S/C14H15F3N2O2/c1-8-9(3-4-20-8)7-19(2)12-6-13(21-14(16)17)10(15)5-11(12)18/h3-6,14H,7,18H2,1-2H3. The van der Waals surface area contributed by atoms with Crippen LogP contribution in [0.2, 0.25) is 0 Å². The van der Waals surface area contributed by atoms with Gasteiger partial charge in [0.05, 0.1) is 17.6 Å². The van der Waals surface area contributed by atoms with E-state index in [1.54, 1.807) is 24.3 Å². The van der Waals surface area contributed by atoms with Crippen LogP contribution in [-0.4, -0.2) is 13.7 Å². The third-order valence-corrected chi connectivity index (χ3v) is 3.08. The summed E-state index contributed by atoms with van der Waals surface area (Å²) < 4.78 is 47.3. The minimum Gasteiger partial charge on any atom is -0.469 e. The van der Waals surface area contributed by atoms with Crippen molar-refractivity contribution in [1.29, 1.82) is 0 Å². The highest BCUT2D eigenvalue weighted by Gasteiger charge is 2.16. The Kier molecular flexibility index (Phi) is 4.30. The SMILES string of the molecule is Cc1occc1CN(C)c1cc(OC(F)F)c(F)cc1N. The number of nitrogen functional groups attached to an aromatic ring is 1. The van der Waals surface area contributed by atoms with Crippen LogP contribution in [0, 0.1) is 12.7 Å². The summed E-state index contributed by atoms with van der Waals surface area (Å²) in [6.07, 6.45) is 1.55. The molecule has 0 aliphatic rings. The van der Waals surface area contributed by atoms with Crippen LogP contribution < -0.4 is 15.4 Å². The molecule has 7 heteroatoms. The first-order valence-corrected chi connectivity index (χ1v) is 6.16. The largest absolute Gasteiger partial charge is 0.469 e. The van der Waals surface area contributed by atoms with Crippen LogP contribution >= 0.6 is 0 Å². The molecule has 1 heterocycles. The van der Waals surface area contributed by atoms with E-state index in [4.69, 9.17) is 10.2 Å². The number of rotatable bonds is 5. The van der Waals surface area contributed by atoms with E-state index in [0.717, 1.165) is 23.5 Å². The summed E-state index contributed by atoms with van der Waals surface area (Å²) in [5.74, 6) is -0.721. The summed E-state index contributed by atoms with van der Waals surface area (Å²) in [4.78, 5) is 1.70. The van der Waals surface area contributed by atoms with Crippen LogP contribution in [0.1, 0.15) is 11.3 Å². The molecule has 0 aliphatic carbocycles. The monoisotopic (exact) mass is 300 g/mol. The minimum atomic E-state index is -3.10. The van der Waals surface area contributed by atoms with Gasteiger partial charge in [0.15, 0.2) is 11.6 Å². The molecular weight excluding hydrogens is 285 g/mol. The zero-order valence-electron chi connectivity index (χ0n) is 11.6. The van der Waals surface area contributed by atoms with E-state index in [1.165, 1.54) is 0 Å². The van der Waals surface area contributed by atoms with Crippen LogP contribution in [0.4, 0.5) is 24.5 Å². The maximum Gasteiger partial charge on any atom is 0.387 e. The van der Waals surface area contributed by atoms with E-state index < -0.39 is 18.2 Å². The average molecular weight is 300 g/mol. The van der Waals surface area contributed by atoms with Crippen molar-refractivity contribution < 1.29 is 22.3 Å². The van der Waals surface area contributed by atoms with Gasteiger partial charge in [0.2, 0.25) is 0 Å². The van der Waals surface area contributed by atoms with Crippen molar-refractivity contribution in [2.24, 2.45) is 0 Å². The van der Waals surface area contributed by atoms with E-state index in [0.29, 0.717) is 12.2 Å². The van der Waals surface area contributed by atoms with Crippen molar-refractivity contribution in [3.05, 3.63) is 41.6 Å². The molecule has 114 valence electrons. The molecule has 0 atom stereocenters. The summed E-state index contributed by atoms with van der Waals surface area (Å²) >= 11 is 0. The van der Waals surface area contributed by atoms with Crippen molar-refractivity contribution >= 4 is 11.4 Å². The Morgan fingerprint density at radius 3 is 2.67 bits per heavy atom. The third kappa shape index (κ3) is 3.42. The fourth-order valence-electron chi connectivity index (χ4n) is 1.99. The van der Waals surface area contributed by atoms with Crippen LogP contribution in [0.25, 0.3) is 0 Å². The quantitative estimate of drug-likeness (QED) is 0.858. The number of hydrogen-bond donors (Lipinski definition) is 1. The molecule has 1 aromatic carbocycles. The second-order valence-corrected chi connectivity index (χ2v) is 4.58. The van der Waals surface area contributed by atoms with Crippen LogP contribution in [-0.2, 0) is 6.54 Å². The first-order valence-electron chi connectivity index (χ1n) is 6.16. The Bertz CT molecular complexity index is 629. The number of anilines is 2. The van der Waals surface area contributed by atoms with Gasteiger partial charge in [0.1, 0.15) is 5.76 Å². The van der Waals surface area contributed by atoms with Crippen molar-refractivity contribution in [3.63, 3.8) is 0 Å². The molecule has 1 aromatic heterocycles. The molecule has 0 fully saturated rings. The summed E-state index contributed by atoms with van der Waals surface area (Å²) in [6.45, 7) is -0.855. The number of ether oxygens (including phenoxy) is 1. The van der Waals surface area contributed by atoms with Gasteiger partial charge in [-0.05, 0) is 13.0 Å². The lowest BCUT2D eigenvalue weighted by molar-refractivity contribution is -0.0521. The number of aryl methyl sites for hydroxylation is 1. The Balaban J connectivity index is 2.27. The predicted octanol–water partition coefficient (Wildman–Crippen LogP) is 3.55. The molecule has 0 unspecified atom stereocenters. The van der Waals surface area contributed by atoms with Gasteiger partial charge in [-0.1, -0.05) is 0 Å². The molecule has 2 aromatic rings. The van der Waals surface area contributed by atoms with Gasteiger partial charge in [-0.15, -0.1) is 0 Å². The number of halogens is 3. The van der Waals surface area contributed by atoms with E-state index >= 15 is 0 Å². The number of hydrogen-bond acceptors (Lipinski definition) is 4. The lowest BCUT2D eigenvalue weighted by atomic mass is 10.2. The third-order valence-electron chi connectivity index (χ3n) is 3.08. The van der Waals surface area contributed by atoms with Crippen LogP contribution in [0.15, 0.2) is 28.9 Å². The highest BCUT2D eigenvalue weighted by atomic mass is 19.3. The molecule has 0 aliphatic heterocycles. The van der Waals surface area contributed by atoms with Crippen molar-refractivity contribution in [1.82, 2.24) is 0 Å². The Morgan fingerprint density at radius 1 is 1.38 bits per heavy atom. The Hall–Kier alpha value is -2.31. The zero-order valence-corrected chi connectivity index (χ0v) is 11.6. The van der Waals surface area contributed by atoms with E-state index in [-0.39, 0.29) is 5.69 Å². The van der Waals surface area contributed by atoms with Gasteiger partial charge < -0.3 is 19.8 Å². The first kappa shape index (κ1) is 15.1. The summed E-state index contributed by atoms with van der Waals surface area (Å²) in [6, 6.07) is 3.92. The molecule has 2 rings (SSSR count). The van der Waals surface area contributed by atoms with Crippen LogP contribution in [0.5, 0.6) is 5.75 Å². The van der Waals surface area contributed by atoms with E-state index in [1.807, 2.05) is 6.92 Å². The first-order chi connectivity index (χ1) is 9.88. The minimum absolute atomic E-state index is 0.137. The Morgan fingerprint density at radius 2 is 2.10 bits per heavy atom. The zero-order chi connectivity index (χ0) is 15.6. The second-order valence-electron chi connectivity index (χ2n) is 4.58. The molecule has 0 bridgehead atoms. The lowest BCUT2D eigenvalue weighted by Crippen LogP contribution is -2.18. The molecule has 21 heavy (non-hydrogen) atoms. The molecule has 4 nitrogen and oxygen atoms in total. The highest BCUT2D eigenvalue weighted by molar-refractivity contribution is 5.69. The number of alkyl halides is 2. The fourth-order valence-corrected chi connectivity index (χ4v) is 1.99. The number of nitrogens with zero attached hydrogens (tertiary/aromatic N) is 1. The van der Waals surface area contributed by atoms with E-state index in [9.17, 15) is 13.2 Å². The molecule has 0 saturated carbocycles. The van der Waals surface area contributed by atoms with Gasteiger partial charge >= 0.3 is 6.61 Å². The summed E-state index contributed by atoms with van der Waals surface area (Å²) in [5.41, 5.74) is 7.19. The van der Waals surface area contributed by atoms with Crippen LogP contribution in [0.3, 0.4) is 0 Å². The normalized spacial score (nSPS) is 11.0. The molecule has 0 spiro atoms. The van der Waals surface area contributed by atoms with E-state index in [2.05, 4.69) is 4.74 Å². The lowest BCUT2D eigenvalue weighted by Gasteiger charge is -2.22.